The van der Waals surface area contributed by atoms with Crippen LogP contribution in [0.1, 0.15) is 6.42 Å². The highest BCUT2D eigenvalue weighted by Crippen LogP contribution is 2.45. The van der Waals surface area contributed by atoms with Crippen LogP contribution < -0.4 is 14.9 Å². The summed E-state index contributed by atoms with van der Waals surface area (Å²) in [7, 11) is 0.442. The Hall–Kier alpha value is -1.14. The lowest BCUT2D eigenvalue weighted by Gasteiger charge is -2.13. The molecule has 5 nitrogen and oxygen atoms in total. The van der Waals surface area contributed by atoms with Crippen molar-refractivity contribution in [2.24, 2.45) is 18.9 Å². The summed E-state index contributed by atoms with van der Waals surface area (Å²) in [6.45, 7) is 2.18. The summed E-state index contributed by atoms with van der Waals surface area (Å²) in [6.07, 6.45) is 4.62. The fourth-order valence-electron chi connectivity index (χ4n) is 2.54. The van der Waals surface area contributed by atoms with Crippen molar-refractivity contribution in [3.05, 3.63) is 12.4 Å². The second kappa shape index (κ2) is 3.43. The van der Waals surface area contributed by atoms with Gasteiger partial charge in [-0.05, 0) is 18.3 Å². The van der Waals surface area contributed by atoms with Gasteiger partial charge in [0.2, 0.25) is 0 Å². The smallest absolute Gasteiger partial charge is 0.423 e. The molecule has 2 aliphatic rings. The Morgan fingerprint density at radius 3 is 2.69 bits per heavy atom. The van der Waals surface area contributed by atoms with E-state index in [0.29, 0.717) is 5.46 Å². The number of aromatic nitrogens is 2. The van der Waals surface area contributed by atoms with Crippen molar-refractivity contribution < 1.29 is 14.6 Å². The van der Waals surface area contributed by atoms with Gasteiger partial charge in [0.05, 0.1) is 26.3 Å². The van der Waals surface area contributed by atoms with E-state index in [1.165, 1.54) is 12.6 Å². The molecule has 0 spiro atoms. The van der Waals surface area contributed by atoms with Gasteiger partial charge in [-0.3, -0.25) is 4.90 Å². The molecule has 6 heteroatoms. The lowest BCUT2D eigenvalue weighted by molar-refractivity contribution is -0.660. The number of fused-ring (bicyclic) bond motifs is 1. The molecule has 0 radical (unpaired) electrons. The highest BCUT2D eigenvalue weighted by molar-refractivity contribution is 6.58. The molecule has 1 aromatic heterocycles. The number of nitrogens with zero attached hydrogens (tertiary/aromatic N) is 3. The maximum absolute atomic E-state index is 9.04. The molecule has 0 aromatic carbocycles. The normalized spacial score (nSPS) is 26.8. The van der Waals surface area contributed by atoms with Gasteiger partial charge in [0, 0.05) is 5.46 Å². The van der Waals surface area contributed by atoms with E-state index in [0.717, 1.165) is 30.9 Å². The van der Waals surface area contributed by atoms with Crippen LogP contribution >= 0.6 is 0 Å². The topological polar surface area (TPSA) is 60.5 Å². The molecule has 1 aliphatic carbocycles. The molecule has 0 bridgehead atoms. The van der Waals surface area contributed by atoms with E-state index in [4.69, 9.17) is 10.0 Å². The van der Waals surface area contributed by atoms with E-state index in [2.05, 4.69) is 9.88 Å². The summed E-state index contributed by atoms with van der Waals surface area (Å²) in [6, 6.07) is 0. The third kappa shape index (κ3) is 1.58. The van der Waals surface area contributed by atoms with Gasteiger partial charge in [0.15, 0.2) is 0 Å². The van der Waals surface area contributed by atoms with E-state index in [1.54, 1.807) is 6.20 Å². The predicted molar refractivity (Wildman–Crippen MR) is 59.0 cm³/mol. The third-order valence-corrected chi connectivity index (χ3v) is 3.55. The van der Waals surface area contributed by atoms with Crippen LogP contribution in [0.5, 0.6) is 0 Å². The quantitative estimate of drug-likeness (QED) is 0.449. The van der Waals surface area contributed by atoms with Gasteiger partial charge in [-0.1, -0.05) is 4.98 Å². The maximum Gasteiger partial charge on any atom is 0.494 e. The van der Waals surface area contributed by atoms with E-state index < -0.39 is 7.12 Å². The first-order chi connectivity index (χ1) is 7.65. The van der Waals surface area contributed by atoms with Gasteiger partial charge in [0.1, 0.15) is 6.20 Å². The highest BCUT2D eigenvalue weighted by atomic mass is 16.4. The Balaban J connectivity index is 1.84. The average Bonchev–Trinajstić information content (AvgIpc) is 2.85. The van der Waals surface area contributed by atoms with E-state index in [-0.39, 0.29) is 0 Å². The van der Waals surface area contributed by atoms with Gasteiger partial charge in [-0.25, -0.2) is 4.57 Å². The first-order valence-corrected chi connectivity index (χ1v) is 5.62. The summed E-state index contributed by atoms with van der Waals surface area (Å²) in [5.41, 5.74) is 0.426. The van der Waals surface area contributed by atoms with Gasteiger partial charge in [0.25, 0.3) is 0 Å². The zero-order chi connectivity index (χ0) is 11.3. The fraction of sp³-hybridized carbons (Fsp3) is 0.600. The lowest BCUT2D eigenvalue weighted by atomic mass is 9.83. The average molecular weight is 220 g/mol. The number of hydrogen-bond donors (Lipinski definition) is 2. The summed E-state index contributed by atoms with van der Waals surface area (Å²) in [4.78, 5) is 6.58. The summed E-state index contributed by atoms with van der Waals surface area (Å²) < 4.78 is 1.86. The first kappa shape index (κ1) is 10.0. The van der Waals surface area contributed by atoms with E-state index in [9.17, 15) is 0 Å². The fourth-order valence-corrected chi connectivity index (χ4v) is 2.54. The number of anilines is 1. The minimum atomic E-state index is -1.44. The molecule has 2 atom stereocenters. The van der Waals surface area contributed by atoms with Crippen LogP contribution in [0.2, 0.25) is 0 Å². The predicted octanol–water partition coefficient (Wildman–Crippen LogP) is -1.96. The second-order valence-electron chi connectivity index (χ2n) is 4.83. The molecule has 2 fully saturated rings. The standard InChI is InChI=1S/C10H15BN3O2/c1-13-6-9(11(15)16)3-12-10(13)14-4-7-2-8(7)5-14/h3,6-8,15-16H,2,4-5H2,1H3/q+1. The first-order valence-electron chi connectivity index (χ1n) is 5.62. The van der Waals surface area contributed by atoms with Crippen LogP contribution in [0.4, 0.5) is 5.95 Å². The van der Waals surface area contributed by atoms with Crippen LogP contribution in [0.3, 0.4) is 0 Å². The summed E-state index contributed by atoms with van der Waals surface area (Å²) >= 11 is 0. The Kier molecular flexibility index (Phi) is 2.15. The molecule has 84 valence electrons. The molecule has 1 saturated heterocycles. The molecule has 2 unspecified atom stereocenters. The Morgan fingerprint density at radius 2 is 2.12 bits per heavy atom. The molecule has 2 N–H and O–H groups in total. The number of piperidine rings is 1. The van der Waals surface area contributed by atoms with Crippen LogP contribution in [-0.2, 0) is 7.05 Å². The van der Waals surface area contributed by atoms with Gasteiger partial charge in [-0.2, -0.15) is 0 Å². The largest absolute Gasteiger partial charge is 0.494 e. The molecule has 1 aromatic rings. The minimum absolute atomic E-state index is 0.426. The van der Waals surface area contributed by atoms with Gasteiger partial charge in [-0.15, -0.1) is 0 Å². The molecule has 3 rings (SSSR count). The number of hydrogen-bond acceptors (Lipinski definition) is 4. The van der Waals surface area contributed by atoms with Crippen LogP contribution in [0.15, 0.2) is 12.4 Å². The Morgan fingerprint density at radius 1 is 1.44 bits per heavy atom. The lowest BCUT2D eigenvalue weighted by Crippen LogP contribution is -2.45. The van der Waals surface area contributed by atoms with Crippen molar-refractivity contribution in [2.45, 2.75) is 6.42 Å². The zero-order valence-corrected chi connectivity index (χ0v) is 9.24. The van der Waals surface area contributed by atoms with Crippen LogP contribution in [0, 0.1) is 11.8 Å². The number of aryl methyl sites for hydroxylation is 1. The Labute approximate surface area is 94.5 Å². The van der Waals surface area contributed by atoms with Crippen molar-refractivity contribution in [2.75, 3.05) is 18.0 Å². The van der Waals surface area contributed by atoms with Crippen molar-refractivity contribution in [1.29, 1.82) is 0 Å². The SMILES string of the molecule is C[n+]1cc(B(O)O)cnc1N1CC2CC2C1. The Bertz CT molecular complexity index is 417. The summed E-state index contributed by atoms with van der Waals surface area (Å²) in [5, 5.41) is 18.1. The van der Waals surface area contributed by atoms with Crippen LogP contribution in [0.25, 0.3) is 0 Å². The van der Waals surface area contributed by atoms with Crippen molar-refractivity contribution in [3.63, 3.8) is 0 Å². The molecular formula is C10H15BN3O2+. The molecule has 0 amide bonds. The third-order valence-electron chi connectivity index (χ3n) is 3.55. The van der Waals surface area contributed by atoms with E-state index in [1.807, 2.05) is 11.6 Å². The van der Waals surface area contributed by atoms with Crippen molar-refractivity contribution in [1.82, 2.24) is 4.98 Å². The molecule has 16 heavy (non-hydrogen) atoms. The molecule has 1 saturated carbocycles. The number of rotatable bonds is 2. The monoisotopic (exact) mass is 220 g/mol. The van der Waals surface area contributed by atoms with E-state index >= 15 is 0 Å². The molecule has 1 aliphatic heterocycles. The van der Waals surface area contributed by atoms with Crippen molar-refractivity contribution >= 4 is 18.5 Å². The summed E-state index contributed by atoms with van der Waals surface area (Å²) in [5.74, 6) is 2.64. The van der Waals surface area contributed by atoms with Crippen LogP contribution in [-0.4, -0.2) is 35.2 Å². The highest BCUT2D eigenvalue weighted by Gasteiger charge is 2.49. The van der Waals surface area contributed by atoms with Crippen molar-refractivity contribution in [3.8, 4) is 0 Å². The van der Waals surface area contributed by atoms with Gasteiger partial charge >= 0.3 is 13.1 Å². The molecule has 2 heterocycles. The maximum atomic E-state index is 9.04. The zero-order valence-electron chi connectivity index (χ0n) is 9.24. The minimum Gasteiger partial charge on any atom is -0.423 e. The molecular weight excluding hydrogens is 205 g/mol. The van der Waals surface area contributed by atoms with Gasteiger partial charge < -0.3 is 10.0 Å². The second-order valence-corrected chi connectivity index (χ2v) is 4.83.